The van der Waals surface area contributed by atoms with Crippen molar-refractivity contribution in [3.63, 3.8) is 0 Å². The normalized spacial score (nSPS) is 18.2. The Hall–Kier alpha value is -2.31. The van der Waals surface area contributed by atoms with Crippen LogP contribution in [-0.2, 0) is 0 Å². The van der Waals surface area contributed by atoms with E-state index in [-0.39, 0.29) is 11.9 Å². The smallest absolute Gasteiger partial charge is 0.226 e. The molecule has 7 heteroatoms. The van der Waals surface area contributed by atoms with Crippen LogP contribution in [0.25, 0.3) is 5.70 Å². The maximum atomic E-state index is 13.8. The average Bonchev–Trinajstić information content (AvgIpc) is 3.09. The molecule has 1 unspecified atom stereocenters. The van der Waals surface area contributed by atoms with Crippen molar-refractivity contribution in [3.05, 3.63) is 76.3 Å². The molecule has 2 aliphatic heterocycles. The standard InChI is InChI=1S/C18H12ClFN4S/c19-11-3-1-10(2-4-11)17-14-8-25-15-6-5-12(20)7-13(15)16(14)23-18-21-9-22-24(17)18/h1-7,9,17H,8H2,(H,21,22,23). The van der Waals surface area contributed by atoms with Gasteiger partial charge in [-0.25, -0.2) is 9.07 Å². The molecule has 1 aromatic heterocycles. The molecule has 4 nitrogen and oxygen atoms in total. The minimum absolute atomic E-state index is 0.0880. The SMILES string of the molecule is Fc1ccc2c(c1)C1=C(CS2)C(c2ccc(Cl)cc2)n2ncnc2N1. The fourth-order valence-electron chi connectivity index (χ4n) is 3.36. The van der Waals surface area contributed by atoms with Gasteiger partial charge in [-0.3, -0.25) is 0 Å². The highest BCUT2D eigenvalue weighted by atomic mass is 35.5. The van der Waals surface area contributed by atoms with Crippen LogP contribution in [0.15, 0.2) is 59.3 Å². The number of halogens is 2. The largest absolute Gasteiger partial charge is 0.324 e. The molecular formula is C18H12ClFN4S. The molecule has 0 saturated carbocycles. The molecule has 0 saturated heterocycles. The molecule has 1 N–H and O–H groups in total. The molecule has 0 bridgehead atoms. The van der Waals surface area contributed by atoms with Crippen molar-refractivity contribution >= 4 is 35.0 Å². The Kier molecular flexibility index (Phi) is 3.36. The zero-order valence-corrected chi connectivity index (χ0v) is 14.5. The van der Waals surface area contributed by atoms with Gasteiger partial charge in [-0.1, -0.05) is 23.7 Å². The maximum absolute atomic E-state index is 13.8. The molecule has 3 aromatic rings. The summed E-state index contributed by atoms with van der Waals surface area (Å²) in [7, 11) is 0. The first-order valence-corrected chi connectivity index (χ1v) is 9.15. The van der Waals surface area contributed by atoms with Crippen LogP contribution in [0, 0.1) is 5.82 Å². The molecule has 0 amide bonds. The van der Waals surface area contributed by atoms with E-state index in [0.29, 0.717) is 11.0 Å². The second-order valence-electron chi connectivity index (χ2n) is 5.94. The van der Waals surface area contributed by atoms with Crippen molar-refractivity contribution in [1.82, 2.24) is 14.8 Å². The first-order valence-electron chi connectivity index (χ1n) is 7.78. The second kappa shape index (κ2) is 5.61. The Morgan fingerprint density at radius 2 is 2.04 bits per heavy atom. The van der Waals surface area contributed by atoms with Crippen molar-refractivity contribution < 1.29 is 4.39 Å². The lowest BCUT2D eigenvalue weighted by atomic mass is 9.93. The lowest BCUT2D eigenvalue weighted by Gasteiger charge is -2.34. The Bertz CT molecular complexity index is 1010. The average molecular weight is 371 g/mol. The summed E-state index contributed by atoms with van der Waals surface area (Å²) in [4.78, 5) is 5.38. The van der Waals surface area contributed by atoms with E-state index in [0.717, 1.165) is 33.0 Å². The quantitative estimate of drug-likeness (QED) is 0.679. The number of thioether (sulfide) groups is 1. The molecule has 2 aliphatic rings. The number of fused-ring (bicyclic) bond motifs is 3. The highest BCUT2D eigenvalue weighted by molar-refractivity contribution is 7.99. The summed E-state index contributed by atoms with van der Waals surface area (Å²) in [6.45, 7) is 0. The highest BCUT2D eigenvalue weighted by Gasteiger charge is 2.34. The van der Waals surface area contributed by atoms with Gasteiger partial charge in [-0.05, 0) is 41.5 Å². The van der Waals surface area contributed by atoms with Gasteiger partial charge in [0, 0.05) is 21.2 Å². The molecule has 0 radical (unpaired) electrons. The number of benzene rings is 2. The summed E-state index contributed by atoms with van der Waals surface area (Å²) >= 11 is 7.76. The lowest BCUT2D eigenvalue weighted by Crippen LogP contribution is -2.27. The van der Waals surface area contributed by atoms with Crippen LogP contribution in [-0.4, -0.2) is 20.5 Å². The minimum atomic E-state index is -0.245. The molecule has 3 heterocycles. The van der Waals surface area contributed by atoms with E-state index < -0.39 is 0 Å². The van der Waals surface area contributed by atoms with E-state index in [1.165, 1.54) is 12.4 Å². The van der Waals surface area contributed by atoms with Gasteiger partial charge < -0.3 is 5.32 Å². The fourth-order valence-corrected chi connectivity index (χ4v) is 4.58. The Morgan fingerprint density at radius 1 is 1.20 bits per heavy atom. The van der Waals surface area contributed by atoms with Crippen LogP contribution in [0.1, 0.15) is 17.2 Å². The summed E-state index contributed by atoms with van der Waals surface area (Å²) in [5.74, 6) is 1.21. The van der Waals surface area contributed by atoms with Gasteiger partial charge in [0.25, 0.3) is 0 Å². The van der Waals surface area contributed by atoms with Gasteiger partial charge in [-0.15, -0.1) is 11.8 Å². The predicted molar refractivity (Wildman–Crippen MR) is 97.3 cm³/mol. The second-order valence-corrected chi connectivity index (χ2v) is 7.39. The molecule has 25 heavy (non-hydrogen) atoms. The Labute approximate surface area is 152 Å². The van der Waals surface area contributed by atoms with Crippen molar-refractivity contribution in [1.29, 1.82) is 0 Å². The zero-order valence-electron chi connectivity index (χ0n) is 12.9. The number of rotatable bonds is 1. The van der Waals surface area contributed by atoms with Crippen LogP contribution >= 0.6 is 23.4 Å². The van der Waals surface area contributed by atoms with Crippen LogP contribution in [0.5, 0.6) is 0 Å². The number of aromatic nitrogens is 3. The Balaban J connectivity index is 1.73. The van der Waals surface area contributed by atoms with Crippen LogP contribution in [0.3, 0.4) is 0 Å². The molecule has 5 rings (SSSR count). The predicted octanol–water partition coefficient (Wildman–Crippen LogP) is 4.60. The first kappa shape index (κ1) is 15.0. The van der Waals surface area contributed by atoms with Gasteiger partial charge in [0.2, 0.25) is 5.95 Å². The van der Waals surface area contributed by atoms with Gasteiger partial charge in [0.15, 0.2) is 0 Å². The molecule has 0 spiro atoms. The summed E-state index contributed by atoms with van der Waals surface area (Å²) < 4.78 is 15.7. The number of hydrogen-bond acceptors (Lipinski definition) is 4. The van der Waals surface area contributed by atoms with E-state index in [9.17, 15) is 4.39 Å². The molecule has 2 aromatic carbocycles. The summed E-state index contributed by atoms with van der Waals surface area (Å²) in [5.41, 5.74) is 4.03. The van der Waals surface area contributed by atoms with Crippen molar-refractivity contribution in [2.45, 2.75) is 10.9 Å². The van der Waals surface area contributed by atoms with E-state index in [4.69, 9.17) is 11.6 Å². The Morgan fingerprint density at radius 3 is 2.88 bits per heavy atom. The third-order valence-corrected chi connectivity index (χ3v) is 5.86. The number of nitrogens with zero attached hydrogens (tertiary/aromatic N) is 3. The monoisotopic (exact) mass is 370 g/mol. The fraction of sp³-hybridized carbons (Fsp3) is 0.111. The van der Waals surface area contributed by atoms with Crippen molar-refractivity contribution in [2.24, 2.45) is 0 Å². The van der Waals surface area contributed by atoms with Crippen LogP contribution in [0.4, 0.5) is 10.3 Å². The molecule has 1 atom stereocenters. The molecule has 0 fully saturated rings. The summed E-state index contributed by atoms with van der Waals surface area (Å²) in [5, 5.41) is 8.42. The maximum Gasteiger partial charge on any atom is 0.226 e. The molecule has 124 valence electrons. The van der Waals surface area contributed by atoms with Gasteiger partial charge in [0.1, 0.15) is 18.2 Å². The van der Waals surface area contributed by atoms with Gasteiger partial charge in [-0.2, -0.15) is 10.1 Å². The zero-order chi connectivity index (χ0) is 17.0. The minimum Gasteiger partial charge on any atom is -0.324 e. The van der Waals surface area contributed by atoms with Crippen LogP contribution < -0.4 is 5.32 Å². The van der Waals surface area contributed by atoms with Crippen molar-refractivity contribution in [3.8, 4) is 0 Å². The van der Waals surface area contributed by atoms with Gasteiger partial charge >= 0.3 is 0 Å². The van der Waals surface area contributed by atoms with E-state index in [2.05, 4.69) is 15.4 Å². The lowest BCUT2D eigenvalue weighted by molar-refractivity contribution is 0.585. The first-order chi connectivity index (χ1) is 12.2. The number of anilines is 1. The third kappa shape index (κ3) is 2.36. The third-order valence-electron chi connectivity index (χ3n) is 4.49. The van der Waals surface area contributed by atoms with E-state index in [1.54, 1.807) is 17.8 Å². The van der Waals surface area contributed by atoms with Crippen molar-refractivity contribution in [2.75, 3.05) is 11.1 Å². The van der Waals surface area contributed by atoms with E-state index in [1.807, 2.05) is 35.0 Å². The topological polar surface area (TPSA) is 42.7 Å². The molecular weight excluding hydrogens is 359 g/mol. The number of nitrogens with one attached hydrogen (secondary N) is 1. The van der Waals surface area contributed by atoms with Gasteiger partial charge in [0.05, 0.1) is 5.70 Å². The summed E-state index contributed by atoms with van der Waals surface area (Å²) in [6, 6.07) is 12.6. The van der Waals surface area contributed by atoms with E-state index >= 15 is 0 Å². The highest BCUT2D eigenvalue weighted by Crippen LogP contribution is 2.46. The number of hydrogen-bond donors (Lipinski definition) is 1. The summed E-state index contributed by atoms with van der Waals surface area (Å²) in [6.07, 6.45) is 1.53. The van der Waals surface area contributed by atoms with Crippen LogP contribution in [0.2, 0.25) is 5.02 Å². The molecule has 0 aliphatic carbocycles.